The molecule has 0 fully saturated rings. The molecule has 0 saturated heterocycles. The predicted octanol–water partition coefficient (Wildman–Crippen LogP) is 0.748. The molecule has 100 valence electrons. The van der Waals surface area contributed by atoms with Crippen molar-refractivity contribution in [2.24, 2.45) is 4.99 Å². The second-order valence-electron chi connectivity index (χ2n) is 4.20. The van der Waals surface area contributed by atoms with Crippen LogP contribution in [-0.2, 0) is 9.59 Å². The number of hydrogen-bond acceptors (Lipinski definition) is 4. The Bertz CT molecular complexity index is 522. The molecule has 1 aromatic rings. The van der Waals surface area contributed by atoms with Crippen LogP contribution >= 0.6 is 0 Å². The SMILES string of the molecule is COc1ccc(C2CC(=O)NC(NC(C)=O)=N2)cc1. The van der Waals surface area contributed by atoms with Crippen molar-refractivity contribution < 1.29 is 14.3 Å². The van der Waals surface area contributed by atoms with Crippen LogP contribution in [-0.4, -0.2) is 24.9 Å². The lowest BCUT2D eigenvalue weighted by Gasteiger charge is -2.21. The van der Waals surface area contributed by atoms with Gasteiger partial charge in [0.25, 0.3) is 0 Å². The number of methoxy groups -OCH3 is 1. The van der Waals surface area contributed by atoms with E-state index in [2.05, 4.69) is 15.6 Å². The Morgan fingerprint density at radius 3 is 2.68 bits per heavy atom. The molecule has 2 amide bonds. The fraction of sp³-hybridized carbons (Fsp3) is 0.308. The molecule has 0 spiro atoms. The van der Waals surface area contributed by atoms with E-state index >= 15 is 0 Å². The first-order valence-corrected chi connectivity index (χ1v) is 5.87. The predicted molar refractivity (Wildman–Crippen MR) is 69.7 cm³/mol. The molecule has 1 unspecified atom stereocenters. The van der Waals surface area contributed by atoms with E-state index in [1.165, 1.54) is 6.92 Å². The highest BCUT2D eigenvalue weighted by atomic mass is 16.5. The van der Waals surface area contributed by atoms with Crippen LogP contribution in [0.25, 0.3) is 0 Å². The molecule has 0 saturated carbocycles. The lowest BCUT2D eigenvalue weighted by atomic mass is 10.0. The summed E-state index contributed by atoms with van der Waals surface area (Å²) in [6.07, 6.45) is 0.259. The summed E-state index contributed by atoms with van der Waals surface area (Å²) < 4.78 is 5.08. The molecule has 0 bridgehead atoms. The minimum atomic E-state index is -0.290. The van der Waals surface area contributed by atoms with Crippen LogP contribution in [0.15, 0.2) is 29.3 Å². The second-order valence-corrected chi connectivity index (χ2v) is 4.20. The number of carbonyl (C=O) groups excluding carboxylic acids is 2. The third kappa shape index (κ3) is 3.31. The smallest absolute Gasteiger partial charge is 0.229 e. The van der Waals surface area contributed by atoms with Crippen LogP contribution in [0.1, 0.15) is 24.9 Å². The van der Waals surface area contributed by atoms with E-state index in [0.717, 1.165) is 11.3 Å². The average molecular weight is 261 g/mol. The molecule has 2 N–H and O–H groups in total. The molecule has 19 heavy (non-hydrogen) atoms. The summed E-state index contributed by atoms with van der Waals surface area (Å²) in [5.41, 5.74) is 0.901. The maximum absolute atomic E-state index is 11.6. The molecule has 1 aromatic carbocycles. The van der Waals surface area contributed by atoms with Gasteiger partial charge in [-0.15, -0.1) is 0 Å². The molecule has 1 heterocycles. The molecular weight excluding hydrogens is 246 g/mol. The molecule has 2 rings (SSSR count). The lowest BCUT2D eigenvalue weighted by molar-refractivity contribution is -0.120. The van der Waals surface area contributed by atoms with Crippen LogP contribution < -0.4 is 15.4 Å². The van der Waals surface area contributed by atoms with Gasteiger partial charge in [0.05, 0.1) is 19.6 Å². The van der Waals surface area contributed by atoms with Gasteiger partial charge in [-0.05, 0) is 17.7 Å². The average Bonchev–Trinajstić information content (AvgIpc) is 2.37. The Labute approximate surface area is 110 Å². The summed E-state index contributed by atoms with van der Waals surface area (Å²) in [5.74, 6) is 0.508. The van der Waals surface area contributed by atoms with Gasteiger partial charge in [0.1, 0.15) is 5.75 Å². The number of nitrogens with one attached hydrogen (secondary N) is 2. The van der Waals surface area contributed by atoms with E-state index in [9.17, 15) is 9.59 Å². The zero-order chi connectivity index (χ0) is 13.8. The first kappa shape index (κ1) is 13.1. The van der Waals surface area contributed by atoms with Gasteiger partial charge in [-0.3, -0.25) is 20.2 Å². The molecule has 6 nitrogen and oxygen atoms in total. The summed E-state index contributed by atoms with van der Waals surface area (Å²) in [4.78, 5) is 26.9. The molecule has 0 aliphatic carbocycles. The second kappa shape index (κ2) is 5.51. The number of nitrogens with zero attached hydrogens (tertiary/aromatic N) is 1. The Kier molecular flexibility index (Phi) is 3.79. The van der Waals surface area contributed by atoms with Gasteiger partial charge in [-0.2, -0.15) is 0 Å². The van der Waals surface area contributed by atoms with Crippen molar-refractivity contribution in [3.05, 3.63) is 29.8 Å². The highest BCUT2D eigenvalue weighted by molar-refractivity contribution is 6.05. The van der Waals surface area contributed by atoms with Crippen LogP contribution in [0.4, 0.5) is 0 Å². The number of carbonyl (C=O) groups is 2. The maximum atomic E-state index is 11.6. The fourth-order valence-corrected chi connectivity index (χ4v) is 1.84. The number of rotatable bonds is 2. The summed E-state index contributed by atoms with van der Waals surface area (Å²) in [6, 6.07) is 7.06. The quantitative estimate of drug-likeness (QED) is 0.824. The highest BCUT2D eigenvalue weighted by Gasteiger charge is 2.22. The number of benzene rings is 1. The van der Waals surface area contributed by atoms with Gasteiger partial charge >= 0.3 is 0 Å². The molecule has 0 aromatic heterocycles. The molecule has 1 atom stereocenters. The van der Waals surface area contributed by atoms with Crippen LogP contribution in [0, 0.1) is 0 Å². The summed E-state index contributed by atoms with van der Waals surface area (Å²) in [6.45, 7) is 1.37. The first-order chi connectivity index (χ1) is 9.08. The van der Waals surface area contributed by atoms with Gasteiger partial charge in [-0.25, -0.2) is 4.99 Å². The number of guanidine groups is 1. The van der Waals surface area contributed by atoms with E-state index in [4.69, 9.17) is 4.74 Å². The topological polar surface area (TPSA) is 79.8 Å². The van der Waals surface area contributed by atoms with Crippen molar-refractivity contribution in [2.45, 2.75) is 19.4 Å². The van der Waals surface area contributed by atoms with Crippen molar-refractivity contribution in [3.8, 4) is 5.75 Å². The number of ether oxygens (including phenoxy) is 1. The lowest BCUT2D eigenvalue weighted by Crippen LogP contribution is -2.46. The van der Waals surface area contributed by atoms with Gasteiger partial charge < -0.3 is 4.74 Å². The van der Waals surface area contributed by atoms with Gasteiger partial charge in [0.15, 0.2) is 0 Å². The molecule has 1 aliphatic heterocycles. The van der Waals surface area contributed by atoms with Crippen molar-refractivity contribution in [1.29, 1.82) is 0 Å². The first-order valence-electron chi connectivity index (χ1n) is 5.87. The third-order valence-electron chi connectivity index (χ3n) is 2.72. The van der Waals surface area contributed by atoms with E-state index in [1.54, 1.807) is 7.11 Å². The monoisotopic (exact) mass is 261 g/mol. The van der Waals surface area contributed by atoms with Gasteiger partial charge in [0, 0.05) is 6.92 Å². The zero-order valence-electron chi connectivity index (χ0n) is 10.8. The van der Waals surface area contributed by atoms with E-state index < -0.39 is 0 Å². The maximum Gasteiger partial charge on any atom is 0.229 e. The Morgan fingerprint density at radius 2 is 2.11 bits per heavy atom. The standard InChI is InChI=1S/C13H15N3O3/c1-8(17)14-13-15-11(7-12(18)16-13)9-3-5-10(19-2)6-4-9/h3-6,11H,7H2,1-2H3,(H2,14,15,16,17,18). The summed E-state index contributed by atoms with van der Waals surface area (Å²) in [5, 5.41) is 5.01. The Balaban J connectivity index is 2.21. The third-order valence-corrected chi connectivity index (χ3v) is 2.72. The van der Waals surface area contributed by atoms with E-state index in [0.29, 0.717) is 0 Å². The molecule has 6 heteroatoms. The van der Waals surface area contributed by atoms with Crippen molar-refractivity contribution in [1.82, 2.24) is 10.6 Å². The van der Waals surface area contributed by atoms with Gasteiger partial charge in [-0.1, -0.05) is 12.1 Å². The normalized spacial score (nSPS) is 18.3. The number of aliphatic imine (C=N–C) groups is 1. The Morgan fingerprint density at radius 1 is 1.42 bits per heavy atom. The Hall–Kier alpha value is -2.37. The van der Waals surface area contributed by atoms with E-state index in [1.807, 2.05) is 24.3 Å². The van der Waals surface area contributed by atoms with Crippen molar-refractivity contribution in [2.75, 3.05) is 7.11 Å². The molecule has 0 radical (unpaired) electrons. The van der Waals surface area contributed by atoms with Crippen molar-refractivity contribution >= 4 is 17.8 Å². The van der Waals surface area contributed by atoms with Gasteiger partial charge in [0.2, 0.25) is 17.8 Å². The van der Waals surface area contributed by atoms with E-state index in [-0.39, 0.29) is 30.2 Å². The molecule has 1 aliphatic rings. The summed E-state index contributed by atoms with van der Waals surface area (Å²) >= 11 is 0. The fourth-order valence-electron chi connectivity index (χ4n) is 1.84. The molecular formula is C13H15N3O3. The summed E-state index contributed by atoms with van der Waals surface area (Å²) in [7, 11) is 1.59. The highest BCUT2D eigenvalue weighted by Crippen LogP contribution is 2.25. The number of hydrogen-bond donors (Lipinski definition) is 2. The van der Waals surface area contributed by atoms with Crippen LogP contribution in [0.3, 0.4) is 0 Å². The zero-order valence-corrected chi connectivity index (χ0v) is 10.8. The number of amides is 2. The largest absolute Gasteiger partial charge is 0.497 e. The van der Waals surface area contributed by atoms with Crippen LogP contribution in [0.5, 0.6) is 5.75 Å². The van der Waals surface area contributed by atoms with Crippen LogP contribution in [0.2, 0.25) is 0 Å². The minimum Gasteiger partial charge on any atom is -0.497 e. The minimum absolute atomic E-state index is 0.167. The van der Waals surface area contributed by atoms with Crippen molar-refractivity contribution in [3.63, 3.8) is 0 Å².